The zero-order valence-electron chi connectivity index (χ0n) is 10.3. The quantitative estimate of drug-likeness (QED) is 0.813. The summed E-state index contributed by atoms with van der Waals surface area (Å²) in [5.74, 6) is 0. The Balaban J connectivity index is 2.29. The summed E-state index contributed by atoms with van der Waals surface area (Å²) in [6.07, 6.45) is 3.60. The normalized spacial score (nSPS) is 12.2. The van der Waals surface area contributed by atoms with Gasteiger partial charge in [0, 0.05) is 24.5 Å². The number of nitrogens with zero attached hydrogens (tertiary/aromatic N) is 2. The molecule has 0 amide bonds. The van der Waals surface area contributed by atoms with Gasteiger partial charge in [-0.05, 0) is 46.6 Å². The number of anilines is 1. The Labute approximate surface area is 121 Å². The highest BCUT2D eigenvalue weighted by Gasteiger charge is 2.14. The van der Waals surface area contributed by atoms with Crippen molar-refractivity contribution in [2.45, 2.75) is 13.0 Å². The molecule has 4 heteroatoms. The SMILES string of the molecule is CC(c1cccc(Cl)c1)N(C)c1ccncc1Br. The van der Waals surface area contributed by atoms with Crippen LogP contribution in [-0.4, -0.2) is 12.0 Å². The molecule has 0 spiro atoms. The van der Waals surface area contributed by atoms with Crippen LogP contribution in [0.1, 0.15) is 18.5 Å². The summed E-state index contributed by atoms with van der Waals surface area (Å²) in [4.78, 5) is 6.27. The molecule has 0 saturated heterocycles. The van der Waals surface area contributed by atoms with Crippen LogP contribution in [0.2, 0.25) is 5.02 Å². The summed E-state index contributed by atoms with van der Waals surface area (Å²) < 4.78 is 0.987. The minimum Gasteiger partial charge on any atom is -0.367 e. The van der Waals surface area contributed by atoms with Gasteiger partial charge in [-0.2, -0.15) is 0 Å². The molecule has 0 N–H and O–H groups in total. The van der Waals surface area contributed by atoms with Gasteiger partial charge < -0.3 is 4.90 Å². The lowest BCUT2D eigenvalue weighted by Gasteiger charge is -2.28. The lowest BCUT2D eigenvalue weighted by Crippen LogP contribution is -2.22. The van der Waals surface area contributed by atoms with Gasteiger partial charge in [0.25, 0.3) is 0 Å². The second-order valence-corrected chi connectivity index (χ2v) is 5.46. The number of hydrogen-bond acceptors (Lipinski definition) is 2. The molecule has 94 valence electrons. The van der Waals surface area contributed by atoms with Crippen molar-refractivity contribution in [3.05, 3.63) is 57.8 Å². The fourth-order valence-electron chi connectivity index (χ4n) is 1.85. The Morgan fingerprint density at radius 2 is 2.11 bits per heavy atom. The van der Waals surface area contributed by atoms with Crippen LogP contribution in [-0.2, 0) is 0 Å². The van der Waals surface area contributed by atoms with E-state index in [-0.39, 0.29) is 6.04 Å². The van der Waals surface area contributed by atoms with E-state index in [1.54, 1.807) is 12.4 Å². The molecule has 0 radical (unpaired) electrons. The first-order valence-corrected chi connectivity index (χ1v) is 6.84. The van der Waals surface area contributed by atoms with Crippen LogP contribution in [0.4, 0.5) is 5.69 Å². The van der Waals surface area contributed by atoms with E-state index < -0.39 is 0 Å². The molecule has 18 heavy (non-hydrogen) atoms. The van der Waals surface area contributed by atoms with Crippen molar-refractivity contribution in [3.63, 3.8) is 0 Å². The number of hydrogen-bond donors (Lipinski definition) is 0. The second-order valence-electron chi connectivity index (χ2n) is 4.17. The first kappa shape index (κ1) is 13.4. The fourth-order valence-corrected chi connectivity index (χ4v) is 2.58. The van der Waals surface area contributed by atoms with E-state index in [2.05, 4.69) is 45.9 Å². The number of rotatable bonds is 3. The van der Waals surface area contributed by atoms with E-state index in [0.717, 1.165) is 15.2 Å². The predicted octanol–water partition coefficient (Wildman–Crippen LogP) is 4.69. The molecule has 2 aromatic rings. The number of aromatic nitrogens is 1. The van der Waals surface area contributed by atoms with Crippen LogP contribution >= 0.6 is 27.5 Å². The van der Waals surface area contributed by atoms with Gasteiger partial charge in [-0.15, -0.1) is 0 Å². The predicted molar refractivity (Wildman–Crippen MR) is 80.2 cm³/mol. The van der Waals surface area contributed by atoms with Crippen LogP contribution in [0.15, 0.2) is 47.2 Å². The molecule has 1 aromatic carbocycles. The Kier molecular flexibility index (Phi) is 4.25. The van der Waals surface area contributed by atoms with Crippen LogP contribution in [0.3, 0.4) is 0 Å². The smallest absolute Gasteiger partial charge is 0.0592 e. The van der Waals surface area contributed by atoms with E-state index in [9.17, 15) is 0 Å². The van der Waals surface area contributed by atoms with Crippen molar-refractivity contribution in [1.29, 1.82) is 0 Å². The van der Waals surface area contributed by atoms with E-state index in [0.29, 0.717) is 0 Å². The highest BCUT2D eigenvalue weighted by Crippen LogP contribution is 2.31. The number of benzene rings is 1. The average Bonchev–Trinajstić information content (AvgIpc) is 2.37. The van der Waals surface area contributed by atoms with Crippen LogP contribution in [0, 0.1) is 0 Å². The maximum absolute atomic E-state index is 6.03. The molecule has 0 bridgehead atoms. The van der Waals surface area contributed by atoms with Gasteiger partial charge in [-0.25, -0.2) is 0 Å². The summed E-state index contributed by atoms with van der Waals surface area (Å²) in [5.41, 5.74) is 2.30. The lowest BCUT2D eigenvalue weighted by atomic mass is 10.1. The summed E-state index contributed by atoms with van der Waals surface area (Å²) in [6.45, 7) is 2.15. The van der Waals surface area contributed by atoms with Gasteiger partial charge in [-0.3, -0.25) is 4.98 Å². The number of halogens is 2. The maximum Gasteiger partial charge on any atom is 0.0592 e. The molecule has 1 aromatic heterocycles. The largest absolute Gasteiger partial charge is 0.367 e. The monoisotopic (exact) mass is 324 g/mol. The third-order valence-corrected chi connectivity index (χ3v) is 3.89. The minimum atomic E-state index is 0.238. The molecule has 2 rings (SSSR count). The Morgan fingerprint density at radius 1 is 1.33 bits per heavy atom. The zero-order chi connectivity index (χ0) is 13.1. The summed E-state index contributed by atoms with van der Waals surface area (Å²) >= 11 is 9.56. The number of pyridine rings is 1. The summed E-state index contributed by atoms with van der Waals surface area (Å²) in [6, 6.07) is 10.2. The summed E-state index contributed by atoms with van der Waals surface area (Å²) in [5, 5.41) is 0.765. The van der Waals surface area contributed by atoms with Crippen LogP contribution < -0.4 is 4.90 Å². The third kappa shape index (κ3) is 2.85. The minimum absolute atomic E-state index is 0.238. The van der Waals surface area contributed by atoms with Gasteiger partial charge in [0.2, 0.25) is 0 Å². The van der Waals surface area contributed by atoms with E-state index >= 15 is 0 Å². The van der Waals surface area contributed by atoms with Crippen molar-refractivity contribution in [2.24, 2.45) is 0 Å². The van der Waals surface area contributed by atoms with E-state index in [1.165, 1.54) is 5.56 Å². The lowest BCUT2D eigenvalue weighted by molar-refractivity contribution is 0.737. The van der Waals surface area contributed by atoms with Crippen molar-refractivity contribution in [2.75, 3.05) is 11.9 Å². The topological polar surface area (TPSA) is 16.1 Å². The molecular weight excluding hydrogens is 312 g/mol. The third-order valence-electron chi connectivity index (χ3n) is 3.04. The zero-order valence-corrected chi connectivity index (χ0v) is 12.6. The molecule has 0 saturated carbocycles. The molecule has 0 aliphatic heterocycles. The van der Waals surface area contributed by atoms with Crippen LogP contribution in [0.25, 0.3) is 0 Å². The molecule has 0 aliphatic carbocycles. The Bertz CT molecular complexity index is 545. The molecular formula is C14H14BrClN2. The van der Waals surface area contributed by atoms with Gasteiger partial charge in [-0.1, -0.05) is 23.7 Å². The first-order valence-electron chi connectivity index (χ1n) is 5.67. The Morgan fingerprint density at radius 3 is 2.78 bits per heavy atom. The molecule has 1 heterocycles. The van der Waals surface area contributed by atoms with Gasteiger partial charge in [0.05, 0.1) is 16.2 Å². The van der Waals surface area contributed by atoms with E-state index in [1.807, 2.05) is 24.3 Å². The molecule has 0 fully saturated rings. The standard InChI is InChI=1S/C14H14BrClN2/c1-10(11-4-3-5-12(16)8-11)18(2)14-6-7-17-9-13(14)15/h3-10H,1-2H3. The molecule has 2 nitrogen and oxygen atoms in total. The highest BCUT2D eigenvalue weighted by molar-refractivity contribution is 9.10. The average molecular weight is 326 g/mol. The Hall–Kier alpha value is -1.06. The first-order chi connectivity index (χ1) is 8.59. The van der Waals surface area contributed by atoms with E-state index in [4.69, 9.17) is 11.6 Å². The molecule has 1 unspecified atom stereocenters. The van der Waals surface area contributed by atoms with Crippen molar-refractivity contribution in [3.8, 4) is 0 Å². The fraction of sp³-hybridized carbons (Fsp3) is 0.214. The molecule has 1 atom stereocenters. The van der Waals surface area contributed by atoms with Crippen LogP contribution in [0.5, 0.6) is 0 Å². The highest BCUT2D eigenvalue weighted by atomic mass is 79.9. The van der Waals surface area contributed by atoms with Crippen molar-refractivity contribution < 1.29 is 0 Å². The van der Waals surface area contributed by atoms with Gasteiger partial charge >= 0.3 is 0 Å². The summed E-state index contributed by atoms with van der Waals surface area (Å²) in [7, 11) is 2.06. The molecule has 0 aliphatic rings. The van der Waals surface area contributed by atoms with Gasteiger partial charge in [0.15, 0.2) is 0 Å². The van der Waals surface area contributed by atoms with Crippen molar-refractivity contribution in [1.82, 2.24) is 4.98 Å². The van der Waals surface area contributed by atoms with Crippen molar-refractivity contribution >= 4 is 33.2 Å². The van der Waals surface area contributed by atoms with Gasteiger partial charge in [0.1, 0.15) is 0 Å². The maximum atomic E-state index is 6.03. The second kappa shape index (κ2) is 5.72.